The third kappa shape index (κ3) is 4.68. The van der Waals surface area contributed by atoms with E-state index in [1.807, 2.05) is 57.2 Å². The van der Waals surface area contributed by atoms with Crippen LogP contribution < -0.4 is 10.2 Å². The first-order chi connectivity index (χ1) is 11.3. The minimum Gasteiger partial charge on any atom is -0.324 e. The average molecular weight is 389 g/mol. The summed E-state index contributed by atoms with van der Waals surface area (Å²) in [5.41, 5.74) is 4.63. The number of nitrogens with zero attached hydrogens (tertiary/aromatic N) is 1. The van der Waals surface area contributed by atoms with Crippen molar-refractivity contribution in [1.82, 2.24) is 0 Å². The van der Waals surface area contributed by atoms with Gasteiger partial charge in [0.2, 0.25) is 11.8 Å². The minimum atomic E-state index is -0.242. The molecule has 0 saturated carbocycles. The van der Waals surface area contributed by atoms with Gasteiger partial charge in [-0.15, -0.1) is 0 Å². The lowest BCUT2D eigenvalue weighted by Gasteiger charge is -2.22. The largest absolute Gasteiger partial charge is 0.324 e. The van der Waals surface area contributed by atoms with E-state index in [0.29, 0.717) is 5.69 Å². The van der Waals surface area contributed by atoms with Crippen LogP contribution >= 0.6 is 15.9 Å². The van der Waals surface area contributed by atoms with Crippen molar-refractivity contribution in [3.63, 3.8) is 0 Å². The van der Waals surface area contributed by atoms with Gasteiger partial charge in [0, 0.05) is 17.1 Å². The second kappa shape index (κ2) is 7.62. The van der Waals surface area contributed by atoms with Crippen molar-refractivity contribution in [2.75, 3.05) is 16.8 Å². The zero-order chi connectivity index (χ0) is 17.9. The molecule has 0 aliphatic carbocycles. The molecule has 0 aromatic heterocycles. The molecule has 5 heteroatoms. The molecule has 2 rings (SSSR count). The van der Waals surface area contributed by atoms with Gasteiger partial charge < -0.3 is 10.2 Å². The smallest absolute Gasteiger partial charge is 0.244 e. The lowest BCUT2D eigenvalue weighted by molar-refractivity contribution is -0.120. The Morgan fingerprint density at radius 2 is 1.62 bits per heavy atom. The van der Waals surface area contributed by atoms with Gasteiger partial charge in [0.05, 0.1) is 5.69 Å². The monoisotopic (exact) mass is 388 g/mol. The number of hydrogen-bond donors (Lipinski definition) is 1. The second-order valence-electron chi connectivity index (χ2n) is 5.98. The summed E-state index contributed by atoms with van der Waals surface area (Å²) in [4.78, 5) is 25.9. The van der Waals surface area contributed by atoms with Crippen LogP contribution in [-0.2, 0) is 9.59 Å². The Bertz CT molecular complexity index is 767. The van der Waals surface area contributed by atoms with Gasteiger partial charge in [0.1, 0.15) is 6.54 Å². The van der Waals surface area contributed by atoms with Crippen LogP contribution in [0.1, 0.15) is 23.6 Å². The number of carbonyl (C=O) groups is 2. The number of halogens is 1. The number of hydrogen-bond acceptors (Lipinski definition) is 2. The summed E-state index contributed by atoms with van der Waals surface area (Å²) in [7, 11) is 0. The molecule has 24 heavy (non-hydrogen) atoms. The Hall–Kier alpha value is -2.14. The number of amides is 2. The highest BCUT2D eigenvalue weighted by Crippen LogP contribution is 2.24. The molecule has 0 fully saturated rings. The van der Waals surface area contributed by atoms with Gasteiger partial charge in [-0.25, -0.2) is 0 Å². The Morgan fingerprint density at radius 1 is 1.00 bits per heavy atom. The summed E-state index contributed by atoms with van der Waals surface area (Å²) in [6.45, 7) is 7.36. The molecule has 0 unspecified atom stereocenters. The predicted octanol–water partition coefficient (Wildman–Crippen LogP) is 4.37. The normalized spacial score (nSPS) is 10.4. The van der Waals surface area contributed by atoms with Crippen molar-refractivity contribution >= 4 is 39.1 Å². The Labute approximate surface area is 151 Å². The molecular formula is C19H21BrN2O2. The molecule has 2 aromatic rings. The molecule has 0 heterocycles. The molecule has 0 bridgehead atoms. The van der Waals surface area contributed by atoms with Gasteiger partial charge in [-0.05, 0) is 77.7 Å². The van der Waals surface area contributed by atoms with E-state index in [4.69, 9.17) is 0 Å². The summed E-state index contributed by atoms with van der Waals surface area (Å²) >= 11 is 3.44. The summed E-state index contributed by atoms with van der Waals surface area (Å²) in [6, 6.07) is 11.5. The molecule has 1 N–H and O–H groups in total. The highest BCUT2D eigenvalue weighted by atomic mass is 79.9. The van der Waals surface area contributed by atoms with Crippen LogP contribution in [-0.4, -0.2) is 18.4 Å². The maximum atomic E-state index is 12.4. The molecule has 0 aliphatic rings. The lowest BCUT2D eigenvalue weighted by atomic mass is 10.1. The number of aryl methyl sites for hydroxylation is 3. The lowest BCUT2D eigenvalue weighted by Crippen LogP contribution is -2.36. The number of rotatable bonds is 4. The van der Waals surface area contributed by atoms with Crippen LogP contribution in [0.2, 0.25) is 0 Å². The molecule has 2 aromatic carbocycles. The fourth-order valence-electron chi connectivity index (χ4n) is 2.55. The van der Waals surface area contributed by atoms with Gasteiger partial charge >= 0.3 is 0 Å². The molecule has 0 radical (unpaired) electrons. The molecule has 0 aliphatic heterocycles. The number of nitrogens with one attached hydrogen (secondary N) is 1. The topological polar surface area (TPSA) is 49.4 Å². The van der Waals surface area contributed by atoms with Crippen molar-refractivity contribution in [1.29, 1.82) is 0 Å². The summed E-state index contributed by atoms with van der Waals surface area (Å²) in [5.74, 6) is -0.410. The van der Waals surface area contributed by atoms with E-state index < -0.39 is 0 Å². The number of anilines is 2. The zero-order valence-corrected chi connectivity index (χ0v) is 15.9. The van der Waals surface area contributed by atoms with Crippen LogP contribution in [0, 0.1) is 20.8 Å². The standard InChI is InChI=1S/C19H21BrN2O2/c1-12-5-6-18(17(20)10-12)21-19(24)11-22(15(4)23)16-8-13(2)7-14(3)9-16/h5-10H,11H2,1-4H3,(H,21,24). The minimum absolute atomic E-state index is 0.0292. The Balaban J connectivity index is 2.18. The van der Waals surface area contributed by atoms with E-state index in [1.165, 1.54) is 11.8 Å². The van der Waals surface area contributed by atoms with Crippen molar-refractivity contribution in [2.45, 2.75) is 27.7 Å². The van der Waals surface area contributed by atoms with Crippen molar-refractivity contribution in [2.24, 2.45) is 0 Å². The van der Waals surface area contributed by atoms with Crippen molar-refractivity contribution in [3.05, 3.63) is 57.6 Å². The first kappa shape index (κ1) is 18.2. The van der Waals surface area contributed by atoms with E-state index in [9.17, 15) is 9.59 Å². The van der Waals surface area contributed by atoms with Gasteiger partial charge in [-0.2, -0.15) is 0 Å². The van der Waals surface area contributed by atoms with Crippen LogP contribution in [0.25, 0.3) is 0 Å². The molecular weight excluding hydrogens is 368 g/mol. The average Bonchev–Trinajstić information content (AvgIpc) is 2.46. The van der Waals surface area contributed by atoms with E-state index in [-0.39, 0.29) is 18.4 Å². The molecule has 2 amide bonds. The highest BCUT2D eigenvalue weighted by Gasteiger charge is 2.17. The fraction of sp³-hybridized carbons (Fsp3) is 0.263. The van der Waals surface area contributed by atoms with Crippen LogP contribution in [0.3, 0.4) is 0 Å². The Morgan fingerprint density at radius 3 is 2.17 bits per heavy atom. The van der Waals surface area contributed by atoms with E-state index in [2.05, 4.69) is 21.2 Å². The summed E-state index contributed by atoms with van der Waals surface area (Å²) in [5, 5.41) is 2.84. The fourth-order valence-corrected chi connectivity index (χ4v) is 3.14. The predicted molar refractivity (Wildman–Crippen MR) is 101 cm³/mol. The van der Waals surface area contributed by atoms with Crippen molar-refractivity contribution in [3.8, 4) is 0 Å². The van der Waals surface area contributed by atoms with E-state index >= 15 is 0 Å². The Kier molecular flexibility index (Phi) is 5.78. The first-order valence-electron chi connectivity index (χ1n) is 7.68. The van der Waals surface area contributed by atoms with Gasteiger partial charge in [-0.3, -0.25) is 9.59 Å². The molecule has 0 saturated heterocycles. The molecule has 126 valence electrons. The van der Waals surface area contributed by atoms with Gasteiger partial charge in [-0.1, -0.05) is 12.1 Å². The quantitative estimate of drug-likeness (QED) is 0.845. The second-order valence-corrected chi connectivity index (χ2v) is 6.84. The highest BCUT2D eigenvalue weighted by molar-refractivity contribution is 9.10. The van der Waals surface area contributed by atoms with E-state index in [0.717, 1.165) is 26.9 Å². The van der Waals surface area contributed by atoms with Crippen LogP contribution in [0.5, 0.6) is 0 Å². The molecule has 0 spiro atoms. The number of carbonyl (C=O) groups excluding carboxylic acids is 2. The first-order valence-corrected chi connectivity index (χ1v) is 8.48. The maximum absolute atomic E-state index is 12.4. The maximum Gasteiger partial charge on any atom is 0.244 e. The molecule has 0 atom stereocenters. The third-order valence-corrected chi connectivity index (χ3v) is 4.25. The van der Waals surface area contributed by atoms with Gasteiger partial charge in [0.25, 0.3) is 0 Å². The SMILES string of the molecule is CC(=O)N(CC(=O)Nc1ccc(C)cc1Br)c1cc(C)cc(C)c1. The van der Waals surface area contributed by atoms with E-state index in [1.54, 1.807) is 0 Å². The zero-order valence-electron chi connectivity index (χ0n) is 14.3. The van der Waals surface area contributed by atoms with Crippen LogP contribution in [0.4, 0.5) is 11.4 Å². The van der Waals surface area contributed by atoms with Crippen molar-refractivity contribution < 1.29 is 9.59 Å². The van der Waals surface area contributed by atoms with Crippen LogP contribution in [0.15, 0.2) is 40.9 Å². The number of benzene rings is 2. The summed E-state index contributed by atoms with van der Waals surface area (Å²) < 4.78 is 0.816. The summed E-state index contributed by atoms with van der Waals surface area (Å²) in [6.07, 6.45) is 0. The van der Waals surface area contributed by atoms with Gasteiger partial charge in [0.15, 0.2) is 0 Å². The third-order valence-electron chi connectivity index (χ3n) is 3.60. The molecule has 4 nitrogen and oxygen atoms in total.